The monoisotopic (exact) mass is 223 g/mol. The van der Waals surface area contributed by atoms with Gasteiger partial charge in [0.1, 0.15) is 5.69 Å². The molecule has 1 aromatic rings. The van der Waals surface area contributed by atoms with Crippen LogP contribution in [0.2, 0.25) is 0 Å². The van der Waals surface area contributed by atoms with E-state index in [4.69, 9.17) is 5.73 Å². The zero-order chi connectivity index (χ0) is 10.4. The molecule has 80 valence electrons. The van der Waals surface area contributed by atoms with Crippen molar-refractivity contribution < 1.29 is 4.79 Å². The summed E-state index contributed by atoms with van der Waals surface area (Å²) in [6.45, 7) is 0.918. The Kier molecular flexibility index (Phi) is 1.95. The summed E-state index contributed by atoms with van der Waals surface area (Å²) in [7, 11) is 0. The lowest BCUT2D eigenvalue weighted by Gasteiger charge is -2.26. The molecule has 2 atom stereocenters. The van der Waals surface area contributed by atoms with E-state index in [0.29, 0.717) is 16.9 Å². The summed E-state index contributed by atoms with van der Waals surface area (Å²) < 4.78 is 0. The van der Waals surface area contributed by atoms with Gasteiger partial charge in [0, 0.05) is 18.0 Å². The highest BCUT2D eigenvalue weighted by molar-refractivity contribution is 7.13. The summed E-state index contributed by atoms with van der Waals surface area (Å²) in [5.41, 5.74) is 6.05. The van der Waals surface area contributed by atoms with Crippen molar-refractivity contribution in [3.8, 4) is 0 Å². The van der Waals surface area contributed by atoms with Gasteiger partial charge in [-0.15, -0.1) is 11.3 Å². The van der Waals surface area contributed by atoms with Gasteiger partial charge < -0.3 is 10.6 Å². The predicted octanol–water partition coefficient (Wildman–Crippen LogP) is 1.35. The Hall–Kier alpha value is -1.10. The lowest BCUT2D eigenvalue weighted by molar-refractivity contribution is 0.0698. The first-order valence-electron chi connectivity index (χ1n) is 5.26. The topological polar surface area (TPSA) is 59.2 Å². The van der Waals surface area contributed by atoms with Gasteiger partial charge in [0.25, 0.3) is 5.91 Å². The number of carbonyl (C=O) groups is 1. The Morgan fingerprint density at radius 3 is 3.00 bits per heavy atom. The van der Waals surface area contributed by atoms with Gasteiger partial charge in [-0.2, -0.15) is 0 Å². The first-order chi connectivity index (χ1) is 7.24. The average molecular weight is 223 g/mol. The number of hydrogen-bond donors (Lipinski definition) is 1. The molecule has 15 heavy (non-hydrogen) atoms. The molecule has 0 aromatic carbocycles. The van der Waals surface area contributed by atoms with Crippen LogP contribution >= 0.6 is 11.3 Å². The van der Waals surface area contributed by atoms with Crippen molar-refractivity contribution in [1.29, 1.82) is 0 Å². The number of rotatable bonds is 1. The van der Waals surface area contributed by atoms with E-state index in [1.807, 2.05) is 4.90 Å². The quantitative estimate of drug-likeness (QED) is 0.781. The number of nitrogen functional groups attached to an aromatic ring is 1. The number of anilines is 1. The van der Waals surface area contributed by atoms with Crippen molar-refractivity contribution in [2.24, 2.45) is 5.92 Å². The van der Waals surface area contributed by atoms with Crippen LogP contribution in [0, 0.1) is 5.92 Å². The summed E-state index contributed by atoms with van der Waals surface area (Å²) in [4.78, 5) is 18.1. The van der Waals surface area contributed by atoms with Crippen molar-refractivity contribution >= 4 is 22.4 Å². The molecular formula is C10H13N3OS. The van der Waals surface area contributed by atoms with Crippen LogP contribution in [0.4, 0.5) is 5.13 Å². The highest BCUT2D eigenvalue weighted by atomic mass is 32.1. The van der Waals surface area contributed by atoms with Gasteiger partial charge in [-0.3, -0.25) is 4.79 Å². The number of hydrogen-bond acceptors (Lipinski definition) is 4. The number of thiazole rings is 1. The molecule has 1 amide bonds. The van der Waals surface area contributed by atoms with E-state index in [9.17, 15) is 4.79 Å². The molecular weight excluding hydrogens is 210 g/mol. The Morgan fingerprint density at radius 1 is 1.60 bits per heavy atom. The minimum Gasteiger partial charge on any atom is -0.375 e. The van der Waals surface area contributed by atoms with Crippen LogP contribution in [0.1, 0.15) is 29.8 Å². The van der Waals surface area contributed by atoms with E-state index in [1.54, 1.807) is 5.38 Å². The van der Waals surface area contributed by atoms with Crippen molar-refractivity contribution in [2.45, 2.75) is 25.3 Å². The number of aromatic nitrogens is 1. The lowest BCUT2D eigenvalue weighted by Crippen LogP contribution is -2.37. The maximum atomic E-state index is 12.1. The minimum absolute atomic E-state index is 0.0650. The summed E-state index contributed by atoms with van der Waals surface area (Å²) >= 11 is 1.33. The summed E-state index contributed by atoms with van der Waals surface area (Å²) in [5, 5.41) is 2.23. The first kappa shape index (κ1) is 9.15. The van der Waals surface area contributed by atoms with Crippen LogP contribution in [0.3, 0.4) is 0 Å². The molecule has 3 rings (SSSR count). The molecule has 2 aliphatic rings. The lowest BCUT2D eigenvalue weighted by atomic mass is 10.1. The third-order valence-electron chi connectivity index (χ3n) is 3.41. The third-order valence-corrected chi connectivity index (χ3v) is 4.09. The number of amides is 1. The van der Waals surface area contributed by atoms with Crippen LogP contribution in [0.15, 0.2) is 5.38 Å². The number of fused-ring (bicyclic) bond motifs is 2. The fraction of sp³-hybridized carbons (Fsp3) is 0.600. The summed E-state index contributed by atoms with van der Waals surface area (Å²) in [6.07, 6.45) is 3.63. The van der Waals surface area contributed by atoms with Crippen LogP contribution < -0.4 is 5.73 Å². The van der Waals surface area contributed by atoms with Gasteiger partial charge in [-0.05, 0) is 25.2 Å². The number of carbonyl (C=O) groups excluding carboxylic acids is 1. The molecule has 1 saturated heterocycles. The van der Waals surface area contributed by atoms with E-state index in [1.165, 1.54) is 24.2 Å². The normalized spacial score (nSPS) is 28.7. The maximum absolute atomic E-state index is 12.1. The highest BCUT2D eigenvalue weighted by Gasteiger charge is 2.40. The Balaban J connectivity index is 1.81. The van der Waals surface area contributed by atoms with Gasteiger partial charge in [0.05, 0.1) is 0 Å². The fourth-order valence-electron chi connectivity index (χ4n) is 2.71. The summed E-state index contributed by atoms with van der Waals surface area (Å²) in [5.74, 6) is 0.796. The van der Waals surface area contributed by atoms with Crippen molar-refractivity contribution in [3.63, 3.8) is 0 Å². The van der Waals surface area contributed by atoms with E-state index in [2.05, 4.69) is 4.98 Å². The molecule has 5 heteroatoms. The molecule has 2 heterocycles. The number of nitrogens with two attached hydrogens (primary N) is 1. The number of likely N-dealkylation sites (tertiary alicyclic amines) is 1. The van der Waals surface area contributed by atoms with Gasteiger partial charge >= 0.3 is 0 Å². The van der Waals surface area contributed by atoms with E-state index in [0.717, 1.165) is 18.9 Å². The molecule has 1 saturated carbocycles. The van der Waals surface area contributed by atoms with Gasteiger partial charge in [-0.25, -0.2) is 4.98 Å². The standard InChI is InChI=1S/C10H13N3OS/c11-10-12-8(5-15-10)9(14)13-4-6-1-2-7(13)3-6/h5-7H,1-4H2,(H2,11,12). The van der Waals surface area contributed by atoms with Gasteiger partial charge in [0.15, 0.2) is 5.13 Å². The molecule has 2 N–H and O–H groups in total. The zero-order valence-corrected chi connectivity index (χ0v) is 9.17. The second-order valence-electron chi connectivity index (χ2n) is 4.36. The molecule has 1 aromatic heterocycles. The van der Waals surface area contributed by atoms with E-state index in [-0.39, 0.29) is 5.91 Å². The predicted molar refractivity (Wildman–Crippen MR) is 58.7 cm³/mol. The molecule has 2 bridgehead atoms. The largest absolute Gasteiger partial charge is 0.375 e. The Labute approximate surface area is 92.1 Å². The van der Waals surface area contributed by atoms with Crippen molar-refractivity contribution in [1.82, 2.24) is 9.88 Å². The third kappa shape index (κ3) is 1.42. The highest BCUT2D eigenvalue weighted by Crippen LogP contribution is 2.38. The maximum Gasteiger partial charge on any atom is 0.273 e. The molecule has 1 aliphatic heterocycles. The molecule has 0 radical (unpaired) electrons. The smallest absolute Gasteiger partial charge is 0.273 e. The molecule has 1 aliphatic carbocycles. The Morgan fingerprint density at radius 2 is 2.47 bits per heavy atom. The molecule has 2 unspecified atom stereocenters. The fourth-order valence-corrected chi connectivity index (χ4v) is 3.24. The van der Waals surface area contributed by atoms with Crippen molar-refractivity contribution in [2.75, 3.05) is 12.3 Å². The second kappa shape index (κ2) is 3.20. The van der Waals surface area contributed by atoms with Crippen LogP contribution in [-0.4, -0.2) is 28.4 Å². The number of nitrogens with zero attached hydrogens (tertiary/aromatic N) is 2. The zero-order valence-electron chi connectivity index (χ0n) is 8.35. The van der Waals surface area contributed by atoms with Gasteiger partial charge in [0.2, 0.25) is 0 Å². The van der Waals surface area contributed by atoms with E-state index >= 15 is 0 Å². The SMILES string of the molecule is Nc1nc(C(=O)N2CC3CCC2C3)cs1. The Bertz CT molecular complexity index is 403. The van der Waals surface area contributed by atoms with Crippen LogP contribution in [0.5, 0.6) is 0 Å². The number of piperidine rings is 1. The van der Waals surface area contributed by atoms with Crippen LogP contribution in [0.25, 0.3) is 0 Å². The minimum atomic E-state index is 0.0650. The average Bonchev–Trinajstić information content (AvgIpc) is 2.90. The van der Waals surface area contributed by atoms with Crippen LogP contribution in [-0.2, 0) is 0 Å². The van der Waals surface area contributed by atoms with Crippen molar-refractivity contribution in [3.05, 3.63) is 11.1 Å². The molecule has 4 nitrogen and oxygen atoms in total. The van der Waals surface area contributed by atoms with Gasteiger partial charge in [-0.1, -0.05) is 0 Å². The second-order valence-corrected chi connectivity index (χ2v) is 5.25. The van der Waals surface area contributed by atoms with E-state index < -0.39 is 0 Å². The summed E-state index contributed by atoms with van der Waals surface area (Å²) in [6, 6.07) is 0.463. The first-order valence-corrected chi connectivity index (χ1v) is 6.14. The molecule has 0 spiro atoms. The molecule has 2 fully saturated rings.